The summed E-state index contributed by atoms with van der Waals surface area (Å²) in [4.78, 5) is 29.0. The predicted octanol–water partition coefficient (Wildman–Crippen LogP) is 5.87. The molecule has 40 heavy (non-hydrogen) atoms. The molecular weight excluding hydrogens is 546 g/mol. The van der Waals surface area contributed by atoms with Crippen molar-refractivity contribution in [1.29, 1.82) is 0 Å². The molecule has 9 heteroatoms. The zero-order chi connectivity index (χ0) is 29.7. The number of amides is 2. The minimum atomic E-state index is -4.11. The number of anilines is 1. The summed E-state index contributed by atoms with van der Waals surface area (Å²) in [7, 11) is -4.11. The van der Waals surface area contributed by atoms with Gasteiger partial charge in [-0.15, -0.1) is 0 Å². The molecule has 0 aliphatic heterocycles. The summed E-state index contributed by atoms with van der Waals surface area (Å²) in [5.74, 6) is -0.800. The quantitative estimate of drug-likeness (QED) is 0.323. The van der Waals surface area contributed by atoms with Crippen LogP contribution in [0.3, 0.4) is 0 Å². The first-order valence-electron chi connectivity index (χ1n) is 13.2. The standard InChI is InChI=1S/C31H38ClN3O4S/c1-7-27(30(37)33-31(4,5)6)34(20-24-14-16-25(32)17-15-24)29(36)21-35(28-11-9-8-10-23(28)3)40(38,39)26-18-12-22(2)13-19-26/h8-19,27H,7,20-21H2,1-6H3,(H,33,37). The SMILES string of the molecule is CCC(C(=O)NC(C)(C)C)N(Cc1ccc(Cl)cc1)C(=O)CN(c1ccccc1C)S(=O)(=O)c1ccc(C)cc1. The average molecular weight is 584 g/mol. The number of carbonyl (C=O) groups excluding carboxylic acids is 2. The van der Waals surface area contributed by atoms with E-state index in [-0.39, 0.29) is 17.3 Å². The number of nitrogens with zero attached hydrogens (tertiary/aromatic N) is 2. The maximum Gasteiger partial charge on any atom is 0.264 e. The number of sulfonamides is 1. The fraction of sp³-hybridized carbons (Fsp3) is 0.355. The molecule has 3 aromatic carbocycles. The number of aryl methyl sites for hydroxylation is 2. The second-order valence-electron chi connectivity index (χ2n) is 10.9. The molecule has 0 aliphatic rings. The van der Waals surface area contributed by atoms with Gasteiger partial charge >= 0.3 is 0 Å². The fourth-order valence-corrected chi connectivity index (χ4v) is 5.96. The van der Waals surface area contributed by atoms with Crippen molar-refractivity contribution in [3.05, 3.63) is 94.5 Å². The number of benzene rings is 3. The van der Waals surface area contributed by atoms with Gasteiger partial charge in [0.15, 0.2) is 0 Å². The zero-order valence-electron chi connectivity index (χ0n) is 23.9. The lowest BCUT2D eigenvalue weighted by atomic mass is 10.1. The molecule has 0 aromatic heterocycles. The van der Waals surface area contributed by atoms with Crippen LogP contribution in [0.5, 0.6) is 0 Å². The summed E-state index contributed by atoms with van der Waals surface area (Å²) in [6.45, 7) is 10.8. The van der Waals surface area contributed by atoms with E-state index in [0.717, 1.165) is 15.4 Å². The smallest absolute Gasteiger partial charge is 0.264 e. The maximum atomic E-state index is 14.1. The van der Waals surface area contributed by atoms with E-state index in [2.05, 4.69) is 5.32 Å². The molecule has 0 aliphatic carbocycles. The van der Waals surface area contributed by atoms with Gasteiger partial charge in [0, 0.05) is 17.1 Å². The lowest BCUT2D eigenvalue weighted by Crippen LogP contribution is -2.55. The average Bonchev–Trinajstić information content (AvgIpc) is 2.88. The fourth-order valence-electron chi connectivity index (χ4n) is 4.35. The van der Waals surface area contributed by atoms with Crippen molar-refractivity contribution in [2.45, 2.75) is 71.0 Å². The van der Waals surface area contributed by atoms with Gasteiger partial charge in [-0.25, -0.2) is 8.42 Å². The van der Waals surface area contributed by atoms with Crippen LogP contribution < -0.4 is 9.62 Å². The first kappa shape index (κ1) is 31.2. The minimum Gasteiger partial charge on any atom is -0.350 e. The lowest BCUT2D eigenvalue weighted by molar-refractivity contribution is -0.141. The lowest BCUT2D eigenvalue weighted by Gasteiger charge is -2.35. The molecule has 0 saturated heterocycles. The van der Waals surface area contributed by atoms with Gasteiger partial charge in [0.25, 0.3) is 10.0 Å². The Morgan fingerprint density at radius 3 is 2.08 bits per heavy atom. The zero-order valence-corrected chi connectivity index (χ0v) is 25.5. The van der Waals surface area contributed by atoms with Crippen LogP contribution in [-0.4, -0.2) is 43.3 Å². The van der Waals surface area contributed by atoms with Crippen LogP contribution in [0.15, 0.2) is 77.7 Å². The van der Waals surface area contributed by atoms with Crippen LogP contribution in [0.2, 0.25) is 5.02 Å². The topological polar surface area (TPSA) is 86.8 Å². The first-order chi connectivity index (χ1) is 18.7. The summed E-state index contributed by atoms with van der Waals surface area (Å²) in [5.41, 5.74) is 2.27. The van der Waals surface area contributed by atoms with Gasteiger partial charge in [-0.05, 0) is 82.5 Å². The Kier molecular flexibility index (Phi) is 10.0. The summed E-state index contributed by atoms with van der Waals surface area (Å²) in [6, 6.07) is 19.8. The number of halogens is 1. The molecule has 3 aromatic rings. The van der Waals surface area contributed by atoms with Crippen LogP contribution in [-0.2, 0) is 26.2 Å². The number of nitrogens with one attached hydrogen (secondary N) is 1. The second-order valence-corrected chi connectivity index (χ2v) is 13.2. The molecular formula is C31H38ClN3O4S. The van der Waals surface area contributed by atoms with E-state index in [1.165, 1.54) is 17.0 Å². The molecule has 0 radical (unpaired) electrons. The Labute approximate surface area is 243 Å². The van der Waals surface area contributed by atoms with Crippen molar-refractivity contribution >= 4 is 39.1 Å². The van der Waals surface area contributed by atoms with Gasteiger partial charge in [-0.3, -0.25) is 13.9 Å². The van der Waals surface area contributed by atoms with Gasteiger partial charge in [-0.2, -0.15) is 0 Å². The normalized spacial score (nSPS) is 12.5. The third-order valence-electron chi connectivity index (χ3n) is 6.42. The van der Waals surface area contributed by atoms with E-state index in [9.17, 15) is 18.0 Å². The molecule has 0 bridgehead atoms. The third-order valence-corrected chi connectivity index (χ3v) is 8.45. The highest BCUT2D eigenvalue weighted by Crippen LogP contribution is 2.28. The molecule has 2 amide bonds. The van der Waals surface area contributed by atoms with Crippen molar-refractivity contribution in [3.8, 4) is 0 Å². The second kappa shape index (κ2) is 12.9. The van der Waals surface area contributed by atoms with Gasteiger partial charge in [-0.1, -0.05) is 66.6 Å². The minimum absolute atomic E-state index is 0.0796. The summed E-state index contributed by atoms with van der Waals surface area (Å²) >= 11 is 6.08. The van der Waals surface area contributed by atoms with E-state index in [4.69, 9.17) is 11.6 Å². The van der Waals surface area contributed by atoms with Crippen LogP contribution in [0.25, 0.3) is 0 Å². The highest BCUT2D eigenvalue weighted by atomic mass is 35.5. The van der Waals surface area contributed by atoms with E-state index in [1.807, 2.05) is 40.7 Å². The molecule has 214 valence electrons. The van der Waals surface area contributed by atoms with Gasteiger partial charge in [0.05, 0.1) is 10.6 Å². The highest BCUT2D eigenvalue weighted by molar-refractivity contribution is 7.92. The molecule has 1 unspecified atom stereocenters. The maximum absolute atomic E-state index is 14.1. The highest BCUT2D eigenvalue weighted by Gasteiger charge is 2.35. The molecule has 0 spiro atoms. The van der Waals surface area contributed by atoms with Crippen LogP contribution in [0, 0.1) is 13.8 Å². The monoisotopic (exact) mass is 583 g/mol. The number of carbonyl (C=O) groups is 2. The van der Waals surface area contributed by atoms with Gasteiger partial charge in [0.2, 0.25) is 11.8 Å². The number of hydrogen-bond acceptors (Lipinski definition) is 4. The molecule has 3 rings (SSSR count). The largest absolute Gasteiger partial charge is 0.350 e. The van der Waals surface area contributed by atoms with Crippen LogP contribution in [0.4, 0.5) is 5.69 Å². The Morgan fingerprint density at radius 1 is 0.925 bits per heavy atom. The first-order valence-corrected chi connectivity index (χ1v) is 15.1. The molecule has 7 nitrogen and oxygen atoms in total. The van der Waals surface area contributed by atoms with Crippen LogP contribution in [0.1, 0.15) is 50.8 Å². The Hall–Kier alpha value is -3.36. The summed E-state index contributed by atoms with van der Waals surface area (Å²) < 4.78 is 29.1. The van der Waals surface area contributed by atoms with Crippen molar-refractivity contribution in [3.63, 3.8) is 0 Å². The van der Waals surface area contributed by atoms with E-state index >= 15 is 0 Å². The molecule has 1 N–H and O–H groups in total. The van der Waals surface area contributed by atoms with Gasteiger partial charge in [0.1, 0.15) is 12.6 Å². The number of para-hydroxylation sites is 1. The van der Waals surface area contributed by atoms with Crippen molar-refractivity contribution < 1.29 is 18.0 Å². The van der Waals surface area contributed by atoms with Gasteiger partial charge < -0.3 is 10.2 Å². The Morgan fingerprint density at radius 2 is 1.52 bits per heavy atom. The Bertz CT molecular complexity index is 1430. The molecule has 0 saturated carbocycles. The van der Waals surface area contributed by atoms with Crippen LogP contribution >= 0.6 is 11.6 Å². The van der Waals surface area contributed by atoms with E-state index in [1.54, 1.807) is 61.5 Å². The molecule has 0 heterocycles. The molecule has 0 fully saturated rings. The summed E-state index contributed by atoms with van der Waals surface area (Å²) in [5, 5.41) is 3.52. The van der Waals surface area contributed by atoms with E-state index in [0.29, 0.717) is 22.7 Å². The van der Waals surface area contributed by atoms with Crippen molar-refractivity contribution in [1.82, 2.24) is 10.2 Å². The van der Waals surface area contributed by atoms with E-state index < -0.39 is 34.1 Å². The number of hydrogen-bond donors (Lipinski definition) is 1. The molecule has 1 atom stereocenters. The van der Waals surface area contributed by atoms with Crippen molar-refractivity contribution in [2.24, 2.45) is 0 Å². The van der Waals surface area contributed by atoms with Crippen molar-refractivity contribution in [2.75, 3.05) is 10.8 Å². The predicted molar refractivity (Wildman–Crippen MR) is 161 cm³/mol. The number of rotatable bonds is 10. The Balaban J connectivity index is 2.08. The third kappa shape index (κ3) is 7.86. The summed E-state index contributed by atoms with van der Waals surface area (Å²) in [6.07, 6.45) is 0.344.